The van der Waals surface area contributed by atoms with Crippen LogP contribution in [0.25, 0.3) is 0 Å². The van der Waals surface area contributed by atoms with E-state index in [1.807, 2.05) is 25.7 Å². The van der Waals surface area contributed by atoms with Crippen molar-refractivity contribution in [2.45, 2.75) is 64.9 Å². The molecule has 0 aromatic carbocycles. The van der Waals surface area contributed by atoms with Gasteiger partial charge in [0.25, 0.3) is 0 Å². The largest absolute Gasteiger partial charge is 0.444 e. The molecule has 1 aliphatic carbocycles. The minimum atomic E-state index is -0.409. The number of piperidine rings is 1. The summed E-state index contributed by atoms with van der Waals surface area (Å²) in [5.41, 5.74) is -0.272. The van der Waals surface area contributed by atoms with E-state index in [0.29, 0.717) is 5.92 Å². The third-order valence-corrected chi connectivity index (χ3v) is 4.62. The second-order valence-electron chi connectivity index (χ2n) is 7.46. The van der Waals surface area contributed by atoms with Gasteiger partial charge in [0, 0.05) is 45.8 Å². The topological polar surface area (TPSA) is 29.5 Å². The zero-order valence-corrected chi connectivity index (χ0v) is 16.7. The molecule has 4 heteroatoms. The van der Waals surface area contributed by atoms with Gasteiger partial charge in [-0.2, -0.15) is 17.8 Å². The Kier molecular flexibility index (Phi) is 7.18. The number of carbonyl (C=O) groups excluding carboxylic acids is 1. The first kappa shape index (κ1) is 19.4. The van der Waals surface area contributed by atoms with Crippen LogP contribution in [0.1, 0.15) is 59.3 Å². The SMILES string of the molecule is [CH2-]C1(C2[CH-]CCCC2)CCN(C(=O)OC(C)(C)C)CC1.[Y]. The maximum absolute atomic E-state index is 12.1. The molecule has 119 valence electrons. The van der Waals surface area contributed by atoms with Crippen molar-refractivity contribution in [2.75, 3.05) is 13.1 Å². The number of hydrogen-bond acceptors (Lipinski definition) is 2. The first-order valence-corrected chi connectivity index (χ1v) is 7.97. The van der Waals surface area contributed by atoms with Crippen LogP contribution in [0.4, 0.5) is 4.79 Å². The van der Waals surface area contributed by atoms with Crippen LogP contribution in [-0.2, 0) is 37.4 Å². The Labute approximate surface area is 155 Å². The molecule has 2 aliphatic rings. The fourth-order valence-corrected chi connectivity index (χ4v) is 3.33. The first-order chi connectivity index (χ1) is 9.30. The van der Waals surface area contributed by atoms with Gasteiger partial charge in [-0.05, 0) is 20.8 Å². The summed E-state index contributed by atoms with van der Waals surface area (Å²) in [6.45, 7) is 11.8. The van der Waals surface area contributed by atoms with Crippen LogP contribution < -0.4 is 0 Å². The second kappa shape index (κ2) is 7.77. The third kappa shape index (κ3) is 5.50. The van der Waals surface area contributed by atoms with E-state index in [1.165, 1.54) is 25.7 Å². The van der Waals surface area contributed by atoms with E-state index in [4.69, 9.17) is 4.74 Å². The van der Waals surface area contributed by atoms with Crippen molar-refractivity contribution in [1.29, 1.82) is 0 Å². The van der Waals surface area contributed by atoms with Gasteiger partial charge in [0.1, 0.15) is 5.60 Å². The summed E-state index contributed by atoms with van der Waals surface area (Å²) in [7, 11) is 0. The molecule has 3 nitrogen and oxygen atoms in total. The fraction of sp³-hybridized carbons (Fsp3) is 0.824. The minimum absolute atomic E-state index is 0. The van der Waals surface area contributed by atoms with Gasteiger partial charge in [0.2, 0.25) is 0 Å². The summed E-state index contributed by atoms with van der Waals surface area (Å²) in [4.78, 5) is 13.9. The maximum Gasteiger partial charge on any atom is 0.410 e. The third-order valence-electron chi connectivity index (χ3n) is 4.62. The molecule has 21 heavy (non-hydrogen) atoms. The van der Waals surface area contributed by atoms with Gasteiger partial charge in [-0.15, -0.1) is 0 Å². The molecule has 0 N–H and O–H groups in total. The van der Waals surface area contributed by atoms with Gasteiger partial charge < -0.3 is 23.0 Å². The molecule has 1 aliphatic heterocycles. The molecule has 2 rings (SSSR count). The predicted octanol–water partition coefficient (Wildman–Crippen LogP) is 4.23. The van der Waals surface area contributed by atoms with Crippen molar-refractivity contribution in [3.8, 4) is 0 Å². The Balaban J connectivity index is 0.00000220. The molecular formula is C17H29NO2Y-2. The molecular weight excluding hydrogens is 339 g/mol. The average Bonchev–Trinajstić information content (AvgIpc) is 2.38. The molecule has 0 aromatic rings. The van der Waals surface area contributed by atoms with Crippen molar-refractivity contribution < 1.29 is 42.2 Å². The zero-order chi connectivity index (χ0) is 14.8. The van der Waals surface area contributed by atoms with Gasteiger partial charge >= 0.3 is 6.09 Å². The number of rotatable bonds is 1. The molecule has 1 heterocycles. The number of likely N-dealkylation sites (tertiary alicyclic amines) is 1. The average molecular weight is 368 g/mol. The predicted molar refractivity (Wildman–Crippen MR) is 81.1 cm³/mol. The van der Waals surface area contributed by atoms with Crippen LogP contribution in [-0.4, -0.2) is 29.7 Å². The van der Waals surface area contributed by atoms with Crippen molar-refractivity contribution in [3.05, 3.63) is 13.3 Å². The van der Waals surface area contributed by atoms with E-state index in [1.54, 1.807) is 0 Å². The second-order valence-corrected chi connectivity index (χ2v) is 7.46. The maximum atomic E-state index is 12.1. The van der Waals surface area contributed by atoms with Crippen LogP contribution in [0.3, 0.4) is 0 Å². The minimum Gasteiger partial charge on any atom is -0.444 e. The smallest absolute Gasteiger partial charge is 0.410 e. The van der Waals surface area contributed by atoms with Crippen molar-refractivity contribution >= 4 is 6.09 Å². The van der Waals surface area contributed by atoms with Crippen molar-refractivity contribution in [1.82, 2.24) is 4.90 Å². The number of nitrogens with zero attached hydrogens (tertiary/aromatic N) is 1. The van der Waals surface area contributed by atoms with Crippen LogP contribution >= 0.6 is 0 Å². The molecule has 1 radical (unpaired) electrons. The number of amides is 1. The van der Waals surface area contributed by atoms with Gasteiger partial charge in [0.15, 0.2) is 0 Å². The van der Waals surface area contributed by atoms with Gasteiger partial charge in [-0.1, -0.05) is 32.1 Å². The number of carbonyl (C=O) groups is 1. The van der Waals surface area contributed by atoms with E-state index in [0.717, 1.165) is 25.9 Å². The summed E-state index contributed by atoms with van der Waals surface area (Å²) in [5, 5.41) is 0. The molecule has 0 spiro atoms. The summed E-state index contributed by atoms with van der Waals surface area (Å²) < 4.78 is 5.45. The molecule has 1 amide bonds. The summed E-state index contributed by atoms with van der Waals surface area (Å²) in [6.07, 6.45) is 9.45. The van der Waals surface area contributed by atoms with Crippen LogP contribution in [0.5, 0.6) is 0 Å². The summed E-state index contributed by atoms with van der Waals surface area (Å²) in [5.74, 6) is 0.636. The molecule has 2 fully saturated rings. The van der Waals surface area contributed by atoms with E-state index >= 15 is 0 Å². The summed E-state index contributed by atoms with van der Waals surface area (Å²) >= 11 is 0. The van der Waals surface area contributed by atoms with Crippen LogP contribution in [0, 0.1) is 24.7 Å². The summed E-state index contributed by atoms with van der Waals surface area (Å²) in [6, 6.07) is 0. The van der Waals surface area contributed by atoms with Crippen molar-refractivity contribution in [3.63, 3.8) is 0 Å². The molecule has 1 atom stereocenters. The van der Waals surface area contributed by atoms with Crippen molar-refractivity contribution in [2.24, 2.45) is 11.3 Å². The first-order valence-electron chi connectivity index (χ1n) is 7.97. The van der Waals surface area contributed by atoms with E-state index in [9.17, 15) is 4.79 Å². The standard InChI is InChI=1S/C17H29NO2.Y/c1-16(2,3)20-15(19)18-12-10-17(4,11-13-18)14-8-6-5-7-9-14;/h8,14H,4-7,9-13H2,1-3H3;/q-2;. The van der Waals surface area contributed by atoms with Gasteiger partial charge in [-0.25, -0.2) is 4.79 Å². The Morgan fingerprint density at radius 2 is 1.90 bits per heavy atom. The van der Waals surface area contributed by atoms with Gasteiger partial charge in [0.05, 0.1) is 0 Å². The fourth-order valence-electron chi connectivity index (χ4n) is 3.33. The Hall–Kier alpha value is 0.374. The van der Waals surface area contributed by atoms with E-state index in [-0.39, 0.29) is 44.2 Å². The molecule has 1 saturated carbocycles. The zero-order valence-electron chi connectivity index (χ0n) is 13.9. The van der Waals surface area contributed by atoms with Crippen LogP contribution in [0.15, 0.2) is 0 Å². The van der Waals surface area contributed by atoms with E-state index < -0.39 is 5.60 Å². The van der Waals surface area contributed by atoms with E-state index in [2.05, 4.69) is 13.3 Å². The Morgan fingerprint density at radius 1 is 1.29 bits per heavy atom. The quantitative estimate of drug-likeness (QED) is 0.649. The van der Waals surface area contributed by atoms with Gasteiger partial charge in [-0.3, -0.25) is 0 Å². The Morgan fingerprint density at radius 3 is 2.38 bits per heavy atom. The molecule has 1 saturated heterocycles. The molecule has 1 unspecified atom stereocenters. The normalized spacial score (nSPS) is 25.9. The molecule has 0 aromatic heterocycles. The monoisotopic (exact) mass is 368 g/mol. The number of ether oxygens (including phenoxy) is 1. The molecule has 0 bridgehead atoms. The number of hydrogen-bond donors (Lipinski definition) is 0. The van der Waals surface area contributed by atoms with Crippen LogP contribution in [0.2, 0.25) is 0 Å². The Bertz CT molecular complexity index is 337.